The lowest BCUT2D eigenvalue weighted by Crippen LogP contribution is -2.43. The summed E-state index contributed by atoms with van der Waals surface area (Å²) in [6.07, 6.45) is 5.15. The number of aromatic nitrogens is 2. The third-order valence-electron chi connectivity index (χ3n) is 3.92. The summed E-state index contributed by atoms with van der Waals surface area (Å²) in [5, 5.41) is 13.8. The van der Waals surface area contributed by atoms with Gasteiger partial charge in [0, 0.05) is 18.0 Å². The second-order valence-electron chi connectivity index (χ2n) is 5.55. The van der Waals surface area contributed by atoms with Gasteiger partial charge in [0.05, 0.1) is 5.60 Å². The van der Waals surface area contributed by atoms with Gasteiger partial charge >= 0.3 is 0 Å². The predicted octanol–water partition coefficient (Wildman–Crippen LogP) is 2.64. The zero-order valence-corrected chi connectivity index (χ0v) is 11.3. The molecule has 18 heavy (non-hydrogen) atoms. The van der Waals surface area contributed by atoms with Crippen LogP contribution in [-0.2, 0) is 0 Å². The van der Waals surface area contributed by atoms with Crippen molar-refractivity contribution < 1.29 is 5.11 Å². The van der Waals surface area contributed by atoms with Crippen molar-refractivity contribution in [1.82, 2.24) is 9.97 Å². The standard InChI is InChI=1S/C13H18ClN3O/c1-8-10(14)16-12(9-3-4-9)17-11(8)15-7-13(18)5-2-6-13/h9,18H,2-7H2,1H3,(H,15,16,17). The fraction of sp³-hybridized carbons (Fsp3) is 0.692. The molecule has 1 heterocycles. The smallest absolute Gasteiger partial charge is 0.137 e. The largest absolute Gasteiger partial charge is 0.388 e. The van der Waals surface area contributed by atoms with Gasteiger partial charge in [0.1, 0.15) is 16.8 Å². The van der Waals surface area contributed by atoms with Crippen LogP contribution in [0.5, 0.6) is 0 Å². The van der Waals surface area contributed by atoms with Gasteiger partial charge in [-0.05, 0) is 39.0 Å². The Bertz CT molecular complexity index is 470. The molecule has 2 fully saturated rings. The first-order valence-electron chi connectivity index (χ1n) is 6.58. The maximum Gasteiger partial charge on any atom is 0.137 e. The van der Waals surface area contributed by atoms with Crippen LogP contribution in [0.15, 0.2) is 0 Å². The quantitative estimate of drug-likeness (QED) is 0.824. The third-order valence-corrected chi connectivity index (χ3v) is 4.28. The van der Waals surface area contributed by atoms with E-state index in [0.29, 0.717) is 17.6 Å². The minimum Gasteiger partial charge on any atom is -0.388 e. The Kier molecular flexibility index (Phi) is 2.94. The number of nitrogens with one attached hydrogen (secondary N) is 1. The van der Waals surface area contributed by atoms with Crippen molar-refractivity contribution in [2.75, 3.05) is 11.9 Å². The third kappa shape index (κ3) is 2.31. The van der Waals surface area contributed by atoms with E-state index < -0.39 is 5.60 Å². The average Bonchev–Trinajstić information content (AvgIpc) is 3.12. The van der Waals surface area contributed by atoms with Crippen LogP contribution >= 0.6 is 11.6 Å². The molecule has 2 aliphatic carbocycles. The molecule has 4 nitrogen and oxygen atoms in total. The summed E-state index contributed by atoms with van der Waals surface area (Å²) in [6.45, 7) is 2.46. The molecule has 98 valence electrons. The summed E-state index contributed by atoms with van der Waals surface area (Å²) in [7, 11) is 0. The van der Waals surface area contributed by atoms with Crippen LogP contribution in [0.25, 0.3) is 0 Å². The SMILES string of the molecule is Cc1c(Cl)nc(C2CC2)nc1NCC1(O)CCC1. The molecule has 2 saturated carbocycles. The van der Waals surface area contributed by atoms with Crippen molar-refractivity contribution >= 4 is 17.4 Å². The van der Waals surface area contributed by atoms with Gasteiger partial charge < -0.3 is 10.4 Å². The number of hydrogen-bond donors (Lipinski definition) is 2. The Balaban J connectivity index is 1.77. The topological polar surface area (TPSA) is 58.0 Å². The number of anilines is 1. The van der Waals surface area contributed by atoms with Crippen LogP contribution in [0.2, 0.25) is 5.15 Å². The second kappa shape index (κ2) is 4.35. The van der Waals surface area contributed by atoms with E-state index in [0.717, 1.165) is 49.3 Å². The lowest BCUT2D eigenvalue weighted by atomic mass is 9.80. The Labute approximate surface area is 112 Å². The first-order chi connectivity index (χ1) is 8.57. The van der Waals surface area contributed by atoms with Gasteiger partial charge in [0.15, 0.2) is 0 Å². The van der Waals surface area contributed by atoms with Crippen LogP contribution in [0.3, 0.4) is 0 Å². The molecule has 2 aliphatic rings. The number of nitrogens with zero attached hydrogens (tertiary/aromatic N) is 2. The lowest BCUT2D eigenvalue weighted by Gasteiger charge is -2.36. The van der Waals surface area contributed by atoms with Crippen molar-refractivity contribution in [3.8, 4) is 0 Å². The van der Waals surface area contributed by atoms with Crippen LogP contribution in [0, 0.1) is 6.92 Å². The van der Waals surface area contributed by atoms with Gasteiger partial charge in [-0.1, -0.05) is 11.6 Å². The average molecular weight is 268 g/mol. The summed E-state index contributed by atoms with van der Waals surface area (Å²) in [5.74, 6) is 2.10. The fourth-order valence-corrected chi connectivity index (χ4v) is 2.39. The van der Waals surface area contributed by atoms with Gasteiger partial charge in [-0.15, -0.1) is 0 Å². The lowest BCUT2D eigenvalue weighted by molar-refractivity contribution is -0.0202. The Morgan fingerprint density at radius 1 is 1.39 bits per heavy atom. The molecule has 0 amide bonds. The highest BCUT2D eigenvalue weighted by Crippen LogP contribution is 2.39. The molecule has 5 heteroatoms. The van der Waals surface area contributed by atoms with E-state index >= 15 is 0 Å². The molecule has 0 aromatic carbocycles. The molecule has 0 saturated heterocycles. The van der Waals surface area contributed by atoms with Gasteiger partial charge in [-0.25, -0.2) is 9.97 Å². The van der Waals surface area contributed by atoms with Gasteiger partial charge in [0.2, 0.25) is 0 Å². The summed E-state index contributed by atoms with van der Waals surface area (Å²) in [6, 6.07) is 0. The minimum absolute atomic E-state index is 0.482. The molecule has 3 rings (SSSR count). The number of hydrogen-bond acceptors (Lipinski definition) is 4. The van der Waals surface area contributed by atoms with Gasteiger partial charge in [-0.3, -0.25) is 0 Å². The van der Waals surface area contributed by atoms with E-state index in [1.54, 1.807) is 0 Å². The normalized spacial score (nSPS) is 21.5. The van der Waals surface area contributed by atoms with Crippen molar-refractivity contribution in [3.63, 3.8) is 0 Å². The second-order valence-corrected chi connectivity index (χ2v) is 5.91. The zero-order valence-electron chi connectivity index (χ0n) is 10.5. The summed E-state index contributed by atoms with van der Waals surface area (Å²) >= 11 is 6.14. The molecule has 1 aromatic rings. The summed E-state index contributed by atoms with van der Waals surface area (Å²) in [4.78, 5) is 8.86. The van der Waals surface area contributed by atoms with Crippen LogP contribution in [0.1, 0.15) is 49.4 Å². The zero-order chi connectivity index (χ0) is 12.8. The van der Waals surface area contributed by atoms with E-state index in [1.165, 1.54) is 0 Å². The highest BCUT2D eigenvalue weighted by Gasteiger charge is 2.34. The molecule has 0 aliphatic heterocycles. The first kappa shape index (κ1) is 12.2. The highest BCUT2D eigenvalue weighted by molar-refractivity contribution is 6.30. The van der Waals surface area contributed by atoms with Crippen molar-refractivity contribution in [2.24, 2.45) is 0 Å². The molecular formula is C13H18ClN3O. The van der Waals surface area contributed by atoms with Crippen LogP contribution in [-0.4, -0.2) is 27.2 Å². The Hall–Kier alpha value is -0.870. The van der Waals surface area contributed by atoms with Crippen molar-refractivity contribution in [3.05, 3.63) is 16.5 Å². The minimum atomic E-state index is -0.552. The van der Waals surface area contributed by atoms with Crippen LogP contribution in [0.4, 0.5) is 5.82 Å². The van der Waals surface area contributed by atoms with Crippen molar-refractivity contribution in [1.29, 1.82) is 0 Å². The molecule has 2 N–H and O–H groups in total. The molecular weight excluding hydrogens is 250 g/mol. The molecule has 0 spiro atoms. The molecule has 0 atom stereocenters. The maximum absolute atomic E-state index is 10.1. The Morgan fingerprint density at radius 3 is 2.67 bits per heavy atom. The highest BCUT2D eigenvalue weighted by atomic mass is 35.5. The van der Waals surface area contributed by atoms with E-state index in [9.17, 15) is 5.11 Å². The van der Waals surface area contributed by atoms with Crippen molar-refractivity contribution in [2.45, 2.75) is 50.5 Å². The van der Waals surface area contributed by atoms with Crippen LogP contribution < -0.4 is 5.32 Å². The number of halogens is 1. The monoisotopic (exact) mass is 267 g/mol. The fourth-order valence-electron chi connectivity index (χ4n) is 2.21. The van der Waals surface area contributed by atoms with Gasteiger partial charge in [0.25, 0.3) is 0 Å². The summed E-state index contributed by atoms with van der Waals surface area (Å²) in [5.41, 5.74) is 0.313. The van der Waals surface area contributed by atoms with E-state index in [2.05, 4.69) is 15.3 Å². The summed E-state index contributed by atoms with van der Waals surface area (Å²) < 4.78 is 0. The van der Waals surface area contributed by atoms with E-state index in [1.807, 2.05) is 6.92 Å². The molecule has 0 unspecified atom stereocenters. The molecule has 0 bridgehead atoms. The van der Waals surface area contributed by atoms with E-state index in [-0.39, 0.29) is 0 Å². The first-order valence-corrected chi connectivity index (χ1v) is 6.95. The molecule has 1 aromatic heterocycles. The maximum atomic E-state index is 10.1. The molecule has 0 radical (unpaired) electrons. The predicted molar refractivity (Wildman–Crippen MR) is 71.0 cm³/mol. The van der Waals surface area contributed by atoms with E-state index in [4.69, 9.17) is 11.6 Å². The van der Waals surface area contributed by atoms with Gasteiger partial charge in [-0.2, -0.15) is 0 Å². The number of aliphatic hydroxyl groups is 1. The Morgan fingerprint density at radius 2 is 2.11 bits per heavy atom. The number of rotatable bonds is 4.